The van der Waals surface area contributed by atoms with Crippen molar-refractivity contribution >= 4 is 0 Å². The van der Waals surface area contributed by atoms with Crippen molar-refractivity contribution in [1.29, 1.82) is 0 Å². The van der Waals surface area contributed by atoms with E-state index in [1.165, 1.54) is 0 Å². The quantitative estimate of drug-likeness (QED) is 0.844. The topological polar surface area (TPSA) is 40.7 Å². The summed E-state index contributed by atoms with van der Waals surface area (Å²) in [5.74, 6) is 0.351. The Morgan fingerprint density at radius 1 is 1.31 bits per heavy atom. The zero-order valence-electron chi connectivity index (χ0n) is 9.57. The first kappa shape index (κ1) is 13.0. The number of imidazole rings is 1. The van der Waals surface area contributed by atoms with Crippen LogP contribution in [-0.4, -0.2) is 22.1 Å². The number of H-pyrrole nitrogens is 1. The molecule has 0 saturated carbocycles. The van der Waals surface area contributed by atoms with Crippen LogP contribution in [0.2, 0.25) is 0 Å². The van der Waals surface area contributed by atoms with Crippen molar-refractivity contribution in [3.63, 3.8) is 0 Å². The molecule has 0 saturated heterocycles. The lowest BCUT2D eigenvalue weighted by molar-refractivity contribution is -0.140. The molecule has 0 amide bonds. The van der Waals surface area contributed by atoms with E-state index < -0.39 is 11.9 Å². The fourth-order valence-electron chi connectivity index (χ4n) is 1.19. The molecule has 0 aromatic carbocycles. The lowest BCUT2D eigenvalue weighted by atomic mass is 10.1. The molecule has 1 heterocycles. The Labute approximate surface area is 92.5 Å². The van der Waals surface area contributed by atoms with Crippen LogP contribution in [0.5, 0.6) is 0 Å². The molecule has 0 aliphatic heterocycles. The fourth-order valence-corrected chi connectivity index (χ4v) is 1.19. The van der Waals surface area contributed by atoms with Gasteiger partial charge in [-0.25, -0.2) is 4.98 Å². The minimum absolute atomic E-state index is 0.0422. The van der Waals surface area contributed by atoms with E-state index in [9.17, 15) is 13.2 Å². The highest BCUT2D eigenvalue weighted by atomic mass is 19.4. The molecule has 0 bridgehead atoms. The van der Waals surface area contributed by atoms with Crippen LogP contribution in [0, 0.1) is 0 Å². The van der Waals surface area contributed by atoms with Gasteiger partial charge in [-0.1, -0.05) is 0 Å². The van der Waals surface area contributed by atoms with Gasteiger partial charge >= 0.3 is 6.18 Å². The van der Waals surface area contributed by atoms with Gasteiger partial charge in [-0.3, -0.25) is 0 Å². The predicted octanol–water partition coefficient (Wildman–Crippen LogP) is 2.36. The van der Waals surface area contributed by atoms with Gasteiger partial charge in [0.1, 0.15) is 11.5 Å². The number of aromatic nitrogens is 2. The number of halogens is 3. The van der Waals surface area contributed by atoms with E-state index in [1.807, 2.05) is 20.8 Å². The van der Waals surface area contributed by atoms with Crippen molar-refractivity contribution in [2.75, 3.05) is 6.54 Å². The maximum absolute atomic E-state index is 12.2. The number of rotatable bonds is 3. The van der Waals surface area contributed by atoms with Crippen molar-refractivity contribution in [2.24, 2.45) is 0 Å². The number of aromatic amines is 1. The van der Waals surface area contributed by atoms with E-state index in [0.717, 1.165) is 6.20 Å². The Hall–Kier alpha value is -1.04. The molecule has 1 aromatic heterocycles. The maximum Gasteiger partial charge on any atom is 0.432 e. The van der Waals surface area contributed by atoms with Gasteiger partial charge in [0.25, 0.3) is 0 Å². The van der Waals surface area contributed by atoms with E-state index >= 15 is 0 Å². The number of alkyl halides is 3. The smallest absolute Gasteiger partial charge is 0.338 e. The van der Waals surface area contributed by atoms with Crippen LogP contribution in [0.1, 0.15) is 32.3 Å². The first-order chi connectivity index (χ1) is 7.18. The average Bonchev–Trinajstić information content (AvgIpc) is 2.49. The molecule has 92 valence electrons. The molecule has 0 aliphatic carbocycles. The number of nitrogens with one attached hydrogen (secondary N) is 2. The molecule has 2 N–H and O–H groups in total. The molecule has 0 fully saturated rings. The van der Waals surface area contributed by atoms with Crippen LogP contribution < -0.4 is 5.32 Å². The van der Waals surface area contributed by atoms with E-state index in [4.69, 9.17) is 0 Å². The lowest BCUT2D eigenvalue weighted by Crippen LogP contribution is -2.37. The second-order valence-corrected chi connectivity index (χ2v) is 4.67. The second kappa shape index (κ2) is 4.45. The van der Waals surface area contributed by atoms with Gasteiger partial charge in [0.15, 0.2) is 0 Å². The first-order valence-corrected chi connectivity index (χ1v) is 5.04. The summed E-state index contributed by atoms with van der Waals surface area (Å²) in [4.78, 5) is 5.95. The summed E-state index contributed by atoms with van der Waals surface area (Å²) in [5, 5.41) is 3.18. The minimum Gasteiger partial charge on any atom is -0.338 e. The van der Waals surface area contributed by atoms with Gasteiger partial charge in [0, 0.05) is 18.5 Å². The molecule has 1 aromatic rings. The van der Waals surface area contributed by atoms with E-state index in [-0.39, 0.29) is 5.54 Å². The fraction of sp³-hybridized carbons (Fsp3) is 0.700. The Bertz CT molecular complexity index is 336. The van der Waals surface area contributed by atoms with Crippen LogP contribution in [0.3, 0.4) is 0 Å². The van der Waals surface area contributed by atoms with Gasteiger partial charge in [-0.2, -0.15) is 13.2 Å². The summed E-state index contributed by atoms with van der Waals surface area (Å²) < 4.78 is 36.7. The van der Waals surface area contributed by atoms with Crippen molar-refractivity contribution in [3.8, 4) is 0 Å². The third-order valence-electron chi connectivity index (χ3n) is 1.95. The van der Waals surface area contributed by atoms with Crippen LogP contribution in [-0.2, 0) is 12.6 Å². The molecule has 0 aliphatic rings. The molecular weight excluding hydrogens is 219 g/mol. The summed E-state index contributed by atoms with van der Waals surface area (Å²) in [6.07, 6.45) is -3.07. The molecule has 3 nitrogen and oxygen atoms in total. The molecule has 0 unspecified atom stereocenters. The van der Waals surface area contributed by atoms with Crippen molar-refractivity contribution in [1.82, 2.24) is 15.3 Å². The first-order valence-electron chi connectivity index (χ1n) is 5.04. The average molecular weight is 235 g/mol. The van der Waals surface area contributed by atoms with Crippen LogP contribution in [0.15, 0.2) is 6.20 Å². The van der Waals surface area contributed by atoms with Gasteiger partial charge in [-0.15, -0.1) is 0 Å². The predicted molar refractivity (Wildman–Crippen MR) is 55.0 cm³/mol. The van der Waals surface area contributed by atoms with Gasteiger partial charge in [-0.05, 0) is 20.8 Å². The normalized spacial score (nSPS) is 13.1. The summed E-state index contributed by atoms with van der Waals surface area (Å²) in [7, 11) is 0. The zero-order valence-corrected chi connectivity index (χ0v) is 9.57. The van der Waals surface area contributed by atoms with Crippen LogP contribution >= 0.6 is 0 Å². The minimum atomic E-state index is -4.34. The number of nitrogens with zero attached hydrogens (tertiary/aromatic N) is 1. The molecule has 1 rings (SSSR count). The van der Waals surface area contributed by atoms with Crippen LogP contribution in [0.25, 0.3) is 0 Å². The highest BCUT2D eigenvalue weighted by molar-refractivity contribution is 5.05. The standard InChI is InChI=1S/C10H16F3N3/c1-9(2,3)15-5-4-8-14-6-7(16-8)10(11,12)13/h6,15H,4-5H2,1-3H3,(H,14,16). The third-order valence-corrected chi connectivity index (χ3v) is 1.95. The number of hydrogen-bond donors (Lipinski definition) is 2. The Kier molecular flexibility index (Phi) is 3.62. The Morgan fingerprint density at radius 3 is 2.38 bits per heavy atom. The highest BCUT2D eigenvalue weighted by Crippen LogP contribution is 2.27. The SMILES string of the molecule is CC(C)(C)NCCc1ncc(C(F)(F)F)[nH]1. The monoisotopic (exact) mass is 235 g/mol. The maximum atomic E-state index is 12.2. The van der Waals surface area contributed by atoms with E-state index in [2.05, 4.69) is 15.3 Å². The van der Waals surface area contributed by atoms with E-state index in [0.29, 0.717) is 18.8 Å². The summed E-state index contributed by atoms with van der Waals surface area (Å²) in [6.45, 7) is 6.58. The molecule has 16 heavy (non-hydrogen) atoms. The lowest BCUT2D eigenvalue weighted by Gasteiger charge is -2.19. The summed E-state index contributed by atoms with van der Waals surface area (Å²) in [5.41, 5.74) is -0.835. The highest BCUT2D eigenvalue weighted by Gasteiger charge is 2.32. The van der Waals surface area contributed by atoms with Crippen molar-refractivity contribution < 1.29 is 13.2 Å². The molecule has 0 radical (unpaired) electrons. The number of hydrogen-bond acceptors (Lipinski definition) is 2. The Morgan fingerprint density at radius 2 is 1.94 bits per heavy atom. The van der Waals surface area contributed by atoms with Gasteiger partial charge in [0.05, 0.1) is 6.20 Å². The van der Waals surface area contributed by atoms with Crippen molar-refractivity contribution in [3.05, 3.63) is 17.7 Å². The summed E-state index contributed by atoms with van der Waals surface area (Å²) in [6, 6.07) is 0. The third kappa shape index (κ3) is 4.22. The largest absolute Gasteiger partial charge is 0.432 e. The van der Waals surface area contributed by atoms with Gasteiger partial charge in [0.2, 0.25) is 0 Å². The summed E-state index contributed by atoms with van der Waals surface area (Å²) >= 11 is 0. The molecule has 0 atom stereocenters. The van der Waals surface area contributed by atoms with Crippen molar-refractivity contribution in [2.45, 2.75) is 38.9 Å². The van der Waals surface area contributed by atoms with Crippen LogP contribution in [0.4, 0.5) is 13.2 Å². The van der Waals surface area contributed by atoms with E-state index in [1.54, 1.807) is 0 Å². The molecule has 0 spiro atoms. The van der Waals surface area contributed by atoms with Gasteiger partial charge < -0.3 is 10.3 Å². The molecule has 6 heteroatoms. The molecular formula is C10H16F3N3. The zero-order chi connectivity index (χ0) is 12.4. The Balaban J connectivity index is 2.48. The second-order valence-electron chi connectivity index (χ2n) is 4.67.